The number of rotatable bonds is 3. The van der Waals surface area contributed by atoms with E-state index in [2.05, 4.69) is 5.32 Å². The minimum atomic E-state index is -0.330. The van der Waals surface area contributed by atoms with E-state index < -0.39 is 0 Å². The second-order valence-electron chi connectivity index (χ2n) is 4.89. The first kappa shape index (κ1) is 13.9. The Morgan fingerprint density at radius 3 is 2.09 bits per heavy atom. The number of phenolic OH excluding ortho intramolecular Hbond substituents is 1. The Bertz CT molecular complexity index is 783. The molecule has 3 nitrogen and oxygen atoms in total. The molecule has 0 heterocycles. The number of hydrogen-bond donors (Lipinski definition) is 2. The van der Waals surface area contributed by atoms with Crippen LogP contribution in [0, 0.1) is 0 Å². The molecular formula is C19H15NO2. The van der Waals surface area contributed by atoms with Gasteiger partial charge < -0.3 is 10.4 Å². The number of carbonyl (C=O) groups is 1. The van der Waals surface area contributed by atoms with Crippen molar-refractivity contribution in [3.05, 3.63) is 84.4 Å². The zero-order valence-corrected chi connectivity index (χ0v) is 11.9. The van der Waals surface area contributed by atoms with Gasteiger partial charge in [0.1, 0.15) is 5.75 Å². The second kappa shape index (κ2) is 6.14. The molecule has 0 aliphatic heterocycles. The van der Waals surface area contributed by atoms with E-state index in [1.54, 1.807) is 18.2 Å². The molecule has 0 aliphatic carbocycles. The molecule has 1 amide bonds. The van der Waals surface area contributed by atoms with Crippen molar-refractivity contribution in [2.24, 2.45) is 0 Å². The van der Waals surface area contributed by atoms with Crippen molar-refractivity contribution < 1.29 is 9.90 Å². The summed E-state index contributed by atoms with van der Waals surface area (Å²) in [4.78, 5) is 12.6. The fourth-order valence-electron chi connectivity index (χ4n) is 2.35. The number of hydrogen-bond acceptors (Lipinski definition) is 2. The van der Waals surface area contributed by atoms with Gasteiger partial charge in [0, 0.05) is 5.69 Å². The van der Waals surface area contributed by atoms with Gasteiger partial charge in [-0.2, -0.15) is 0 Å². The predicted molar refractivity (Wildman–Crippen MR) is 87.9 cm³/mol. The molecule has 3 aromatic rings. The van der Waals surface area contributed by atoms with Crippen LogP contribution in [-0.2, 0) is 0 Å². The summed E-state index contributed by atoms with van der Waals surface area (Å²) in [5, 5.41) is 13.0. The normalized spacial score (nSPS) is 10.2. The third-order valence-electron chi connectivity index (χ3n) is 3.39. The van der Waals surface area contributed by atoms with Crippen LogP contribution in [0.4, 0.5) is 5.69 Å². The van der Waals surface area contributed by atoms with Crippen LogP contribution in [0.2, 0.25) is 0 Å². The van der Waals surface area contributed by atoms with Crippen LogP contribution in [-0.4, -0.2) is 11.0 Å². The molecule has 0 unspecified atom stereocenters. The Kier molecular flexibility index (Phi) is 3.88. The molecule has 0 saturated carbocycles. The van der Waals surface area contributed by atoms with E-state index in [-0.39, 0.29) is 17.2 Å². The highest BCUT2D eigenvalue weighted by atomic mass is 16.3. The summed E-state index contributed by atoms with van der Waals surface area (Å²) in [7, 11) is 0. The first-order valence-corrected chi connectivity index (χ1v) is 6.99. The Morgan fingerprint density at radius 1 is 0.773 bits per heavy atom. The van der Waals surface area contributed by atoms with Crippen molar-refractivity contribution in [1.82, 2.24) is 0 Å². The maximum atomic E-state index is 12.6. The number of amides is 1. The third kappa shape index (κ3) is 2.83. The molecule has 3 heteroatoms. The number of nitrogens with one attached hydrogen (secondary N) is 1. The lowest BCUT2D eigenvalue weighted by molar-refractivity contribution is 0.102. The van der Waals surface area contributed by atoms with Gasteiger partial charge in [0.25, 0.3) is 5.91 Å². The summed E-state index contributed by atoms with van der Waals surface area (Å²) >= 11 is 0. The van der Waals surface area contributed by atoms with Crippen LogP contribution < -0.4 is 5.32 Å². The Morgan fingerprint density at radius 2 is 1.41 bits per heavy atom. The van der Waals surface area contributed by atoms with Crippen LogP contribution in [0.25, 0.3) is 11.1 Å². The maximum Gasteiger partial charge on any atom is 0.260 e. The number of anilines is 1. The fourth-order valence-corrected chi connectivity index (χ4v) is 2.35. The largest absolute Gasteiger partial charge is 0.507 e. The van der Waals surface area contributed by atoms with Crippen molar-refractivity contribution in [1.29, 1.82) is 0 Å². The molecule has 0 spiro atoms. The topological polar surface area (TPSA) is 49.3 Å². The summed E-state index contributed by atoms with van der Waals surface area (Å²) in [6.07, 6.45) is 0. The van der Waals surface area contributed by atoms with E-state index in [4.69, 9.17) is 0 Å². The Hall–Kier alpha value is -3.07. The van der Waals surface area contributed by atoms with Gasteiger partial charge in [0.15, 0.2) is 0 Å². The molecule has 108 valence electrons. The van der Waals surface area contributed by atoms with E-state index >= 15 is 0 Å². The molecular weight excluding hydrogens is 274 g/mol. The lowest BCUT2D eigenvalue weighted by Crippen LogP contribution is -2.13. The van der Waals surface area contributed by atoms with Gasteiger partial charge in [-0.15, -0.1) is 0 Å². The molecule has 0 bridgehead atoms. The maximum absolute atomic E-state index is 12.6. The molecule has 0 aliphatic rings. The van der Waals surface area contributed by atoms with Gasteiger partial charge in [0.05, 0.1) is 5.56 Å². The monoisotopic (exact) mass is 289 g/mol. The van der Waals surface area contributed by atoms with Crippen LogP contribution >= 0.6 is 0 Å². The molecule has 0 aromatic heterocycles. The third-order valence-corrected chi connectivity index (χ3v) is 3.39. The zero-order valence-electron chi connectivity index (χ0n) is 11.9. The summed E-state index contributed by atoms with van der Waals surface area (Å²) in [6, 6.07) is 23.8. The minimum Gasteiger partial charge on any atom is -0.507 e. The van der Waals surface area contributed by atoms with E-state index in [9.17, 15) is 9.90 Å². The van der Waals surface area contributed by atoms with Gasteiger partial charge in [0.2, 0.25) is 0 Å². The van der Waals surface area contributed by atoms with Gasteiger partial charge in [-0.3, -0.25) is 4.79 Å². The van der Waals surface area contributed by atoms with E-state index in [0.29, 0.717) is 11.3 Å². The number of aromatic hydroxyl groups is 1. The van der Waals surface area contributed by atoms with E-state index in [1.807, 2.05) is 54.6 Å². The van der Waals surface area contributed by atoms with Gasteiger partial charge >= 0.3 is 0 Å². The lowest BCUT2D eigenvalue weighted by atomic mass is 9.98. The van der Waals surface area contributed by atoms with Crippen molar-refractivity contribution in [3.63, 3.8) is 0 Å². The smallest absolute Gasteiger partial charge is 0.260 e. The number of benzene rings is 3. The standard InChI is InChI=1S/C19H15NO2/c21-17-13-7-12-16(14-8-3-1-4-9-14)18(17)19(22)20-15-10-5-2-6-11-15/h1-13,21H,(H,20,22). The SMILES string of the molecule is O=C(Nc1ccccc1)c1c(O)cccc1-c1ccccc1. The van der Waals surface area contributed by atoms with E-state index in [1.165, 1.54) is 6.07 Å². The van der Waals surface area contributed by atoms with E-state index in [0.717, 1.165) is 5.56 Å². The van der Waals surface area contributed by atoms with Gasteiger partial charge in [-0.25, -0.2) is 0 Å². The highest BCUT2D eigenvalue weighted by molar-refractivity contribution is 6.10. The van der Waals surface area contributed by atoms with Crippen molar-refractivity contribution in [2.75, 3.05) is 5.32 Å². The first-order chi connectivity index (χ1) is 10.8. The van der Waals surface area contributed by atoms with Gasteiger partial charge in [-0.05, 0) is 29.3 Å². The molecule has 0 fully saturated rings. The Balaban J connectivity index is 2.01. The molecule has 0 radical (unpaired) electrons. The molecule has 22 heavy (non-hydrogen) atoms. The van der Waals surface area contributed by atoms with Crippen molar-refractivity contribution in [3.8, 4) is 16.9 Å². The molecule has 0 atom stereocenters. The summed E-state index contributed by atoms with van der Waals surface area (Å²) in [5.41, 5.74) is 2.55. The first-order valence-electron chi connectivity index (χ1n) is 6.99. The fraction of sp³-hybridized carbons (Fsp3) is 0. The van der Waals surface area contributed by atoms with Gasteiger partial charge in [-0.1, -0.05) is 60.7 Å². The quantitative estimate of drug-likeness (QED) is 0.754. The highest BCUT2D eigenvalue weighted by Crippen LogP contribution is 2.30. The van der Waals surface area contributed by atoms with Crippen molar-refractivity contribution in [2.45, 2.75) is 0 Å². The van der Waals surface area contributed by atoms with Crippen molar-refractivity contribution >= 4 is 11.6 Å². The highest BCUT2D eigenvalue weighted by Gasteiger charge is 2.17. The molecule has 0 saturated heterocycles. The number of phenols is 1. The van der Waals surface area contributed by atoms with Crippen LogP contribution in [0.5, 0.6) is 5.75 Å². The number of carbonyl (C=O) groups excluding carboxylic acids is 1. The molecule has 3 aromatic carbocycles. The average Bonchev–Trinajstić information content (AvgIpc) is 2.56. The lowest BCUT2D eigenvalue weighted by Gasteiger charge is -2.12. The Labute approximate surface area is 128 Å². The molecule has 3 rings (SSSR count). The summed E-state index contributed by atoms with van der Waals surface area (Å²) < 4.78 is 0. The molecule has 2 N–H and O–H groups in total. The average molecular weight is 289 g/mol. The second-order valence-corrected chi connectivity index (χ2v) is 4.89. The predicted octanol–water partition coefficient (Wildman–Crippen LogP) is 4.31. The number of para-hydroxylation sites is 1. The van der Waals surface area contributed by atoms with Crippen LogP contribution in [0.3, 0.4) is 0 Å². The summed E-state index contributed by atoms with van der Waals surface area (Å²) in [5.74, 6) is -0.363. The van der Waals surface area contributed by atoms with Crippen LogP contribution in [0.1, 0.15) is 10.4 Å². The summed E-state index contributed by atoms with van der Waals surface area (Å²) in [6.45, 7) is 0. The zero-order chi connectivity index (χ0) is 15.4. The van der Waals surface area contributed by atoms with Crippen LogP contribution in [0.15, 0.2) is 78.9 Å². The minimum absolute atomic E-state index is 0.0326.